The summed E-state index contributed by atoms with van der Waals surface area (Å²) in [5.74, 6) is 0.926. The third-order valence-corrected chi connectivity index (χ3v) is 7.37. The van der Waals surface area contributed by atoms with Crippen LogP contribution in [-0.4, -0.2) is 42.3 Å². The van der Waals surface area contributed by atoms with E-state index < -0.39 is 10.0 Å². The van der Waals surface area contributed by atoms with Gasteiger partial charge in [0.25, 0.3) is 0 Å². The molecule has 3 heterocycles. The van der Waals surface area contributed by atoms with Crippen molar-refractivity contribution in [3.05, 3.63) is 77.4 Å². The number of imidazole rings is 1. The molecule has 0 radical (unpaired) electrons. The Morgan fingerprint density at radius 1 is 1.12 bits per heavy atom. The van der Waals surface area contributed by atoms with Crippen LogP contribution in [0.2, 0.25) is 0 Å². The van der Waals surface area contributed by atoms with Gasteiger partial charge in [-0.2, -0.15) is 0 Å². The molecule has 0 spiro atoms. The molecule has 8 nitrogen and oxygen atoms in total. The number of anilines is 1. The van der Waals surface area contributed by atoms with Crippen LogP contribution in [0.4, 0.5) is 10.3 Å². The van der Waals surface area contributed by atoms with Gasteiger partial charge in [-0.1, -0.05) is 29.4 Å². The molecule has 1 N–H and O–H groups in total. The fraction of sp³-hybridized carbons (Fsp3) is 0.333. The van der Waals surface area contributed by atoms with Crippen molar-refractivity contribution >= 4 is 27.0 Å². The minimum Gasteiger partial charge on any atom is -0.361 e. The molecule has 1 aliphatic heterocycles. The highest BCUT2D eigenvalue weighted by atomic mass is 32.2. The van der Waals surface area contributed by atoms with E-state index in [-0.39, 0.29) is 17.6 Å². The number of sulfonamides is 1. The van der Waals surface area contributed by atoms with Crippen molar-refractivity contribution in [2.45, 2.75) is 38.1 Å². The molecule has 0 saturated carbocycles. The molecular formula is C24H26FN5O3S. The molecule has 1 aliphatic rings. The minimum absolute atomic E-state index is 0.157. The van der Waals surface area contributed by atoms with Crippen molar-refractivity contribution in [1.82, 2.24) is 19.4 Å². The SMILES string of the molecule is Cc1cc(CS(=O)(=O)NC2CCN(c3nc4ccccc4n3Cc3cccc(F)c3)CC2)no1. The maximum atomic E-state index is 13.8. The lowest BCUT2D eigenvalue weighted by Gasteiger charge is -2.33. The lowest BCUT2D eigenvalue weighted by atomic mass is 10.1. The number of aromatic nitrogens is 3. The number of piperidine rings is 1. The van der Waals surface area contributed by atoms with Crippen LogP contribution in [0.5, 0.6) is 0 Å². The van der Waals surface area contributed by atoms with Gasteiger partial charge in [-0.15, -0.1) is 0 Å². The largest absolute Gasteiger partial charge is 0.361 e. The summed E-state index contributed by atoms with van der Waals surface area (Å²) in [6.07, 6.45) is 1.31. The molecule has 4 aromatic rings. The molecule has 5 rings (SSSR count). The van der Waals surface area contributed by atoms with E-state index in [9.17, 15) is 12.8 Å². The van der Waals surface area contributed by atoms with Gasteiger partial charge in [0.05, 0.1) is 17.6 Å². The second-order valence-corrected chi connectivity index (χ2v) is 10.4. The molecule has 0 atom stereocenters. The van der Waals surface area contributed by atoms with E-state index in [1.165, 1.54) is 12.1 Å². The number of halogens is 1. The van der Waals surface area contributed by atoms with Gasteiger partial charge < -0.3 is 14.0 Å². The van der Waals surface area contributed by atoms with E-state index in [1.54, 1.807) is 19.1 Å². The van der Waals surface area contributed by atoms with Gasteiger partial charge >= 0.3 is 0 Å². The summed E-state index contributed by atoms with van der Waals surface area (Å²) >= 11 is 0. The number of aryl methyl sites for hydroxylation is 1. The van der Waals surface area contributed by atoms with Crippen molar-refractivity contribution in [2.24, 2.45) is 0 Å². The first kappa shape index (κ1) is 22.5. The fourth-order valence-electron chi connectivity index (χ4n) is 4.45. The summed E-state index contributed by atoms with van der Waals surface area (Å²) in [5.41, 5.74) is 3.11. The van der Waals surface area contributed by atoms with Crippen LogP contribution in [0, 0.1) is 12.7 Å². The van der Waals surface area contributed by atoms with Gasteiger partial charge in [0.1, 0.15) is 23.0 Å². The van der Waals surface area contributed by atoms with E-state index >= 15 is 0 Å². The molecule has 1 fully saturated rings. The molecule has 2 aromatic carbocycles. The van der Waals surface area contributed by atoms with Crippen LogP contribution in [-0.2, 0) is 22.3 Å². The Balaban J connectivity index is 1.31. The average Bonchev–Trinajstić information content (AvgIpc) is 3.37. The predicted octanol–water partition coefficient (Wildman–Crippen LogP) is 3.61. The van der Waals surface area contributed by atoms with Crippen LogP contribution < -0.4 is 9.62 Å². The Morgan fingerprint density at radius 3 is 2.65 bits per heavy atom. The standard InChI is InChI=1S/C24H26FN5O3S/c1-17-13-21(27-33-17)16-34(31,32)28-20-9-11-29(12-10-20)24-26-22-7-2-3-8-23(22)30(24)15-18-5-4-6-19(25)14-18/h2-8,13-14,20,28H,9-12,15-16H2,1H3. The summed E-state index contributed by atoms with van der Waals surface area (Å²) in [6.45, 7) is 3.54. The summed E-state index contributed by atoms with van der Waals surface area (Å²) in [5, 5.41) is 3.78. The van der Waals surface area contributed by atoms with Crippen LogP contribution in [0.15, 0.2) is 59.1 Å². The van der Waals surface area contributed by atoms with Gasteiger partial charge in [-0.05, 0) is 49.6 Å². The van der Waals surface area contributed by atoms with E-state index in [4.69, 9.17) is 9.51 Å². The van der Waals surface area contributed by atoms with E-state index in [2.05, 4.69) is 19.3 Å². The average molecular weight is 484 g/mol. The highest BCUT2D eigenvalue weighted by Crippen LogP contribution is 2.27. The van der Waals surface area contributed by atoms with Crippen molar-refractivity contribution in [1.29, 1.82) is 0 Å². The van der Waals surface area contributed by atoms with Crippen LogP contribution >= 0.6 is 0 Å². The van der Waals surface area contributed by atoms with Crippen molar-refractivity contribution in [2.75, 3.05) is 18.0 Å². The van der Waals surface area contributed by atoms with Crippen molar-refractivity contribution < 1.29 is 17.3 Å². The smallest absolute Gasteiger partial charge is 0.217 e. The Labute approximate surface area is 197 Å². The minimum atomic E-state index is -3.52. The Hall–Kier alpha value is -3.24. The molecular weight excluding hydrogens is 457 g/mol. The van der Waals surface area contributed by atoms with Crippen LogP contribution in [0.25, 0.3) is 11.0 Å². The summed E-state index contributed by atoms with van der Waals surface area (Å²) in [6, 6.07) is 15.9. The quantitative estimate of drug-likeness (QED) is 0.432. The molecule has 0 amide bonds. The summed E-state index contributed by atoms with van der Waals surface area (Å²) in [7, 11) is -3.52. The zero-order chi connectivity index (χ0) is 23.7. The van der Waals surface area contributed by atoms with Crippen molar-refractivity contribution in [3.63, 3.8) is 0 Å². The number of benzene rings is 2. The lowest BCUT2D eigenvalue weighted by Crippen LogP contribution is -2.45. The van der Waals surface area contributed by atoms with Gasteiger partial charge in [0.2, 0.25) is 16.0 Å². The summed E-state index contributed by atoms with van der Waals surface area (Å²) in [4.78, 5) is 7.02. The highest BCUT2D eigenvalue weighted by molar-refractivity contribution is 7.88. The van der Waals surface area contributed by atoms with Gasteiger partial charge in [-0.25, -0.2) is 22.5 Å². The monoisotopic (exact) mass is 483 g/mol. The molecule has 2 aromatic heterocycles. The number of para-hydroxylation sites is 2. The van der Waals surface area contributed by atoms with Gasteiger partial charge in [0.15, 0.2) is 0 Å². The van der Waals surface area contributed by atoms with E-state index in [0.29, 0.717) is 43.9 Å². The Morgan fingerprint density at radius 2 is 1.91 bits per heavy atom. The molecule has 34 heavy (non-hydrogen) atoms. The Kier molecular flexibility index (Phi) is 6.09. The molecule has 0 bridgehead atoms. The zero-order valence-corrected chi connectivity index (χ0v) is 19.6. The highest BCUT2D eigenvalue weighted by Gasteiger charge is 2.27. The zero-order valence-electron chi connectivity index (χ0n) is 18.8. The van der Waals surface area contributed by atoms with Crippen LogP contribution in [0.3, 0.4) is 0 Å². The second-order valence-electron chi connectivity index (χ2n) is 8.68. The topological polar surface area (TPSA) is 93.3 Å². The third-order valence-electron chi connectivity index (χ3n) is 6.00. The first-order valence-electron chi connectivity index (χ1n) is 11.2. The Bertz CT molecular complexity index is 1410. The first-order valence-corrected chi connectivity index (χ1v) is 12.9. The lowest BCUT2D eigenvalue weighted by molar-refractivity contribution is 0.392. The second kappa shape index (κ2) is 9.19. The summed E-state index contributed by atoms with van der Waals surface area (Å²) < 4.78 is 48.8. The van der Waals surface area contributed by atoms with E-state index in [0.717, 1.165) is 22.5 Å². The normalized spacial score (nSPS) is 15.3. The van der Waals surface area contributed by atoms with Gasteiger partial charge in [0, 0.05) is 25.2 Å². The van der Waals surface area contributed by atoms with E-state index in [1.807, 2.05) is 30.3 Å². The molecule has 0 aliphatic carbocycles. The number of nitrogens with zero attached hydrogens (tertiary/aromatic N) is 4. The van der Waals surface area contributed by atoms with Gasteiger partial charge in [-0.3, -0.25) is 0 Å². The number of hydrogen-bond donors (Lipinski definition) is 1. The maximum Gasteiger partial charge on any atom is 0.217 e. The third kappa shape index (κ3) is 4.97. The van der Waals surface area contributed by atoms with Crippen molar-refractivity contribution in [3.8, 4) is 0 Å². The molecule has 0 unspecified atom stereocenters. The first-order chi connectivity index (χ1) is 16.4. The van der Waals surface area contributed by atoms with Crippen LogP contribution in [0.1, 0.15) is 29.9 Å². The maximum absolute atomic E-state index is 13.8. The molecule has 10 heteroatoms. The molecule has 1 saturated heterocycles. The fourth-order valence-corrected chi connectivity index (χ4v) is 5.80. The molecule has 178 valence electrons. The number of nitrogens with one attached hydrogen (secondary N) is 1. The number of hydrogen-bond acceptors (Lipinski definition) is 6. The number of fused-ring (bicyclic) bond motifs is 1. The predicted molar refractivity (Wildman–Crippen MR) is 127 cm³/mol. The number of rotatable bonds is 7.